The molecule has 40 heavy (non-hydrogen) atoms. The van der Waals surface area contributed by atoms with Gasteiger partial charge >= 0.3 is 5.97 Å². The number of halogens is 1. The molecule has 0 atom stereocenters. The van der Waals surface area contributed by atoms with Gasteiger partial charge in [-0.05, 0) is 67.6 Å². The highest BCUT2D eigenvalue weighted by Crippen LogP contribution is 2.39. The molecule has 1 aliphatic heterocycles. The molecule has 0 saturated heterocycles. The van der Waals surface area contributed by atoms with Crippen molar-refractivity contribution in [1.82, 2.24) is 14.6 Å². The molecular weight excluding hydrogens is 509 g/mol. The predicted octanol–water partition coefficient (Wildman–Crippen LogP) is 6.45. The van der Waals surface area contributed by atoms with E-state index in [2.05, 4.69) is 0 Å². The molecule has 8 heteroatoms. The van der Waals surface area contributed by atoms with Gasteiger partial charge in [-0.25, -0.2) is 13.9 Å². The minimum atomic E-state index is -0.997. The number of hydrogen-bond acceptors (Lipinski definition) is 5. The third-order valence-corrected chi connectivity index (χ3v) is 7.49. The van der Waals surface area contributed by atoms with Crippen LogP contribution in [0.2, 0.25) is 0 Å². The largest absolute Gasteiger partial charge is 0.497 e. The van der Waals surface area contributed by atoms with E-state index < -0.39 is 11.8 Å². The van der Waals surface area contributed by atoms with Gasteiger partial charge in [0.15, 0.2) is 17.2 Å². The number of rotatable bonds is 6. The number of carbonyl (C=O) groups is 1. The molecule has 3 heterocycles. The van der Waals surface area contributed by atoms with Crippen LogP contribution in [0.3, 0.4) is 0 Å². The van der Waals surface area contributed by atoms with Gasteiger partial charge in [0, 0.05) is 34.0 Å². The zero-order chi connectivity index (χ0) is 28.0. The average molecular weight is 538 g/mol. The smallest absolute Gasteiger partial charge is 0.307 e. The number of aromatic nitrogens is 3. The molecule has 0 amide bonds. The molecule has 1 aliphatic rings. The Morgan fingerprint density at radius 1 is 1.07 bits per heavy atom. The number of nitrogens with zero attached hydrogens (tertiary/aromatic N) is 3. The predicted molar refractivity (Wildman–Crippen MR) is 150 cm³/mol. The summed E-state index contributed by atoms with van der Waals surface area (Å²) in [5, 5.41) is 14.7. The summed E-state index contributed by atoms with van der Waals surface area (Å²) in [6.07, 6.45) is 1.22. The third kappa shape index (κ3) is 4.45. The minimum absolute atomic E-state index is 0.265. The Labute approximate surface area is 230 Å². The molecule has 0 bridgehead atoms. The van der Waals surface area contributed by atoms with Crippen LogP contribution in [0, 0.1) is 19.7 Å². The second-order valence-electron chi connectivity index (χ2n) is 10.00. The van der Waals surface area contributed by atoms with Crippen molar-refractivity contribution in [2.24, 2.45) is 0 Å². The number of aliphatic carboxylic acids is 1. The lowest BCUT2D eigenvalue weighted by Gasteiger charge is -2.23. The molecule has 0 radical (unpaired) electrons. The molecule has 202 valence electrons. The van der Waals surface area contributed by atoms with Crippen molar-refractivity contribution in [3.63, 3.8) is 0 Å². The van der Waals surface area contributed by atoms with Gasteiger partial charge < -0.3 is 14.6 Å². The molecule has 7 nitrogen and oxygen atoms in total. The molecule has 5 aromatic rings. The normalized spacial score (nSPS) is 12.7. The van der Waals surface area contributed by atoms with Crippen LogP contribution in [-0.2, 0) is 17.6 Å². The van der Waals surface area contributed by atoms with E-state index in [-0.39, 0.29) is 12.2 Å². The zero-order valence-electron chi connectivity index (χ0n) is 22.5. The monoisotopic (exact) mass is 537 g/mol. The second-order valence-corrected chi connectivity index (χ2v) is 10.00. The summed E-state index contributed by atoms with van der Waals surface area (Å²) in [5.41, 5.74) is 7.95. The lowest BCUT2D eigenvalue weighted by Crippen LogP contribution is -2.14. The van der Waals surface area contributed by atoms with Crippen LogP contribution in [0.1, 0.15) is 28.8 Å². The highest BCUT2D eigenvalue weighted by Gasteiger charge is 2.26. The Kier molecular flexibility index (Phi) is 6.46. The molecule has 0 saturated carbocycles. The van der Waals surface area contributed by atoms with Crippen LogP contribution in [0.25, 0.3) is 39.3 Å². The Bertz CT molecular complexity index is 1790. The van der Waals surface area contributed by atoms with E-state index in [1.165, 1.54) is 6.07 Å². The van der Waals surface area contributed by atoms with Gasteiger partial charge in [0.05, 0.1) is 31.5 Å². The average Bonchev–Trinajstić information content (AvgIpc) is 3.39. The van der Waals surface area contributed by atoms with Crippen molar-refractivity contribution in [2.75, 3.05) is 13.7 Å². The van der Waals surface area contributed by atoms with Gasteiger partial charge in [-0.3, -0.25) is 4.79 Å². The Morgan fingerprint density at radius 3 is 2.60 bits per heavy atom. The molecule has 2 aromatic heterocycles. The zero-order valence-corrected chi connectivity index (χ0v) is 22.5. The fraction of sp³-hybridized carbons (Fsp3) is 0.219. The van der Waals surface area contributed by atoms with Crippen molar-refractivity contribution < 1.29 is 23.8 Å². The lowest BCUT2D eigenvalue weighted by molar-refractivity contribution is -0.136. The van der Waals surface area contributed by atoms with Crippen molar-refractivity contribution >= 4 is 11.6 Å². The van der Waals surface area contributed by atoms with Crippen LogP contribution in [0.15, 0.2) is 60.7 Å². The summed E-state index contributed by atoms with van der Waals surface area (Å²) in [5.74, 6) is -0.408. The van der Waals surface area contributed by atoms with Gasteiger partial charge in [-0.1, -0.05) is 30.3 Å². The summed E-state index contributed by atoms with van der Waals surface area (Å²) in [6.45, 7) is 4.18. The minimum Gasteiger partial charge on any atom is -0.497 e. The quantitative estimate of drug-likeness (QED) is 0.268. The van der Waals surface area contributed by atoms with Crippen LogP contribution in [-0.4, -0.2) is 39.4 Å². The van der Waals surface area contributed by atoms with Gasteiger partial charge in [-0.15, -0.1) is 0 Å². The SMILES string of the molecule is COc1cccc(-c2cccc(-c3cc4nc(C)c(CC(=O)O)c(-c5cc(F)c6c(c5C)CCCO6)n4n3)c2)c1. The number of methoxy groups -OCH3 is 1. The number of hydrogen-bond donors (Lipinski definition) is 1. The topological polar surface area (TPSA) is 86.0 Å². The summed E-state index contributed by atoms with van der Waals surface area (Å²) < 4.78 is 28.0. The first kappa shape index (κ1) is 25.6. The summed E-state index contributed by atoms with van der Waals surface area (Å²) in [6, 6.07) is 19.1. The van der Waals surface area contributed by atoms with Crippen LogP contribution in [0.4, 0.5) is 4.39 Å². The van der Waals surface area contributed by atoms with E-state index in [1.54, 1.807) is 18.5 Å². The van der Waals surface area contributed by atoms with Gasteiger partial charge in [0.1, 0.15) is 5.75 Å². The summed E-state index contributed by atoms with van der Waals surface area (Å²) in [7, 11) is 1.64. The maximum Gasteiger partial charge on any atom is 0.307 e. The molecular formula is C32H28FN3O4. The summed E-state index contributed by atoms with van der Waals surface area (Å²) in [4.78, 5) is 16.6. The number of aryl methyl sites for hydroxylation is 1. The maximum atomic E-state index is 15.3. The standard InChI is InChI=1S/C32H28FN3O4/c1-18-24-11-6-12-40-32(24)27(33)15-25(18)31-26(16-30(37)38)19(2)34-29-17-28(35-36(29)31)22-9-4-7-20(13-22)21-8-5-10-23(14-21)39-3/h4-5,7-10,13-15,17H,6,11-12,16H2,1-3H3,(H,37,38). The molecule has 6 rings (SSSR count). The molecule has 0 aliphatic carbocycles. The number of carboxylic acids is 1. The molecule has 0 spiro atoms. The second kappa shape index (κ2) is 10.1. The van der Waals surface area contributed by atoms with E-state index in [0.717, 1.165) is 40.0 Å². The fourth-order valence-electron chi connectivity index (χ4n) is 5.50. The fourth-order valence-corrected chi connectivity index (χ4v) is 5.50. The number of ether oxygens (including phenoxy) is 2. The lowest BCUT2D eigenvalue weighted by atomic mass is 9.91. The van der Waals surface area contributed by atoms with Gasteiger partial charge in [-0.2, -0.15) is 5.10 Å². The van der Waals surface area contributed by atoms with Crippen molar-refractivity contribution in [1.29, 1.82) is 0 Å². The van der Waals surface area contributed by atoms with Crippen LogP contribution in [0.5, 0.6) is 11.5 Å². The van der Waals surface area contributed by atoms with Gasteiger partial charge in [0.25, 0.3) is 0 Å². The third-order valence-electron chi connectivity index (χ3n) is 7.49. The van der Waals surface area contributed by atoms with Crippen LogP contribution < -0.4 is 9.47 Å². The van der Waals surface area contributed by atoms with E-state index >= 15 is 4.39 Å². The Balaban J connectivity index is 1.56. The van der Waals surface area contributed by atoms with Crippen molar-refractivity contribution in [3.05, 3.63) is 88.9 Å². The molecule has 3 aromatic carbocycles. The molecule has 0 unspecified atom stereocenters. The molecule has 1 N–H and O–H groups in total. The number of fused-ring (bicyclic) bond motifs is 2. The highest BCUT2D eigenvalue weighted by atomic mass is 19.1. The first-order valence-corrected chi connectivity index (χ1v) is 13.1. The maximum absolute atomic E-state index is 15.3. The van der Waals surface area contributed by atoms with Gasteiger partial charge in [0.2, 0.25) is 0 Å². The Morgan fingerprint density at radius 2 is 1.82 bits per heavy atom. The van der Waals surface area contributed by atoms with Crippen molar-refractivity contribution in [2.45, 2.75) is 33.1 Å². The van der Waals surface area contributed by atoms with E-state index in [4.69, 9.17) is 19.6 Å². The van der Waals surface area contributed by atoms with E-state index in [0.29, 0.717) is 46.9 Å². The number of carboxylic acid groups (broad SMARTS) is 1. The number of benzene rings is 3. The molecule has 0 fully saturated rings. The van der Waals surface area contributed by atoms with Crippen LogP contribution >= 0.6 is 0 Å². The summed E-state index contributed by atoms with van der Waals surface area (Å²) >= 11 is 0. The van der Waals surface area contributed by atoms with Crippen molar-refractivity contribution in [3.8, 4) is 45.1 Å². The first-order chi connectivity index (χ1) is 19.3. The van der Waals surface area contributed by atoms with E-state index in [1.807, 2.05) is 61.5 Å². The Hall–Kier alpha value is -4.72. The van der Waals surface area contributed by atoms with E-state index in [9.17, 15) is 9.90 Å². The highest BCUT2D eigenvalue weighted by molar-refractivity contribution is 5.80. The first-order valence-electron chi connectivity index (χ1n) is 13.1.